The minimum Gasteiger partial charge on any atom is -0.476 e. The first-order valence-corrected chi connectivity index (χ1v) is 11.2. The molecule has 0 aliphatic carbocycles. The molecule has 0 spiro atoms. The van der Waals surface area contributed by atoms with Crippen LogP contribution in [-0.4, -0.2) is 26.5 Å². The average Bonchev–Trinajstić information content (AvgIpc) is 2.89. The van der Waals surface area contributed by atoms with E-state index in [4.69, 9.17) is 14.5 Å². The maximum atomic E-state index is 13.1. The summed E-state index contributed by atoms with van der Waals surface area (Å²) < 4.78 is 24.7. The zero-order chi connectivity index (χ0) is 24.0. The van der Waals surface area contributed by atoms with Gasteiger partial charge in [0.1, 0.15) is 17.3 Å². The Hall–Kier alpha value is -4.59. The van der Waals surface area contributed by atoms with Crippen molar-refractivity contribution >= 4 is 17.1 Å². The molecule has 5 rings (SSSR count). The van der Waals surface area contributed by atoms with Crippen molar-refractivity contribution < 1.29 is 13.9 Å². The molecule has 0 radical (unpaired) electrons. The average molecular weight is 468 g/mol. The highest BCUT2D eigenvalue weighted by Gasteiger charge is 2.14. The first-order chi connectivity index (χ1) is 17.2. The number of nitrogens with zero attached hydrogens (tertiary/aromatic N) is 4. The second kappa shape index (κ2) is 10.1. The van der Waals surface area contributed by atoms with Crippen molar-refractivity contribution in [3.63, 3.8) is 0 Å². The Labute approximate surface area is 201 Å². The molecule has 0 aliphatic heterocycles. The van der Waals surface area contributed by atoms with Gasteiger partial charge in [-0.25, -0.2) is 14.4 Å². The molecular formula is C27H22FN5O2. The molecule has 0 amide bonds. The maximum absolute atomic E-state index is 13.1. The van der Waals surface area contributed by atoms with E-state index in [2.05, 4.69) is 20.3 Å². The summed E-state index contributed by atoms with van der Waals surface area (Å²) in [5.74, 6) is 1.92. The molecule has 0 bridgehead atoms. The van der Waals surface area contributed by atoms with Gasteiger partial charge in [-0.3, -0.25) is 0 Å². The van der Waals surface area contributed by atoms with Crippen LogP contribution >= 0.6 is 0 Å². The van der Waals surface area contributed by atoms with Gasteiger partial charge >= 0.3 is 0 Å². The third kappa shape index (κ3) is 5.33. The molecule has 0 saturated heterocycles. The number of rotatable bonds is 8. The van der Waals surface area contributed by atoms with Crippen LogP contribution in [0.4, 0.5) is 10.3 Å². The Morgan fingerprint density at radius 2 is 1.57 bits per heavy atom. The van der Waals surface area contributed by atoms with Crippen molar-refractivity contribution in [2.75, 3.05) is 11.9 Å². The number of anilines is 1. The van der Waals surface area contributed by atoms with E-state index >= 15 is 0 Å². The van der Waals surface area contributed by atoms with Gasteiger partial charge < -0.3 is 14.8 Å². The molecule has 0 atom stereocenters. The highest BCUT2D eigenvalue weighted by Crippen LogP contribution is 2.27. The van der Waals surface area contributed by atoms with E-state index in [-0.39, 0.29) is 5.82 Å². The molecule has 8 heteroatoms. The van der Waals surface area contributed by atoms with E-state index in [1.165, 1.54) is 12.1 Å². The SMILES string of the molecule is CCOc1nc(NCc2ccc(F)cc2)nc2ncc(-c3ccc(Oc4ccccc4)cc3)nc12. The second-order valence-electron chi connectivity index (χ2n) is 7.63. The van der Waals surface area contributed by atoms with Gasteiger partial charge in [-0.2, -0.15) is 9.97 Å². The number of ether oxygens (including phenoxy) is 2. The molecule has 2 heterocycles. The van der Waals surface area contributed by atoms with Crippen molar-refractivity contribution in [1.29, 1.82) is 0 Å². The summed E-state index contributed by atoms with van der Waals surface area (Å²) in [7, 11) is 0. The van der Waals surface area contributed by atoms with E-state index in [1.54, 1.807) is 18.3 Å². The zero-order valence-corrected chi connectivity index (χ0v) is 19.0. The molecule has 3 aromatic carbocycles. The standard InChI is InChI=1S/C27H22FN5O2/c1-2-34-26-24-25(32-27(33-26)30-16-18-8-12-20(28)13-9-18)29-17-23(31-24)19-10-14-22(15-11-19)35-21-6-4-3-5-7-21/h3-15,17H,2,16H2,1H3,(H,29,30,32,33). The van der Waals surface area contributed by atoms with Crippen LogP contribution in [0.5, 0.6) is 17.4 Å². The van der Waals surface area contributed by atoms with Crippen molar-refractivity contribution in [2.45, 2.75) is 13.5 Å². The lowest BCUT2D eigenvalue weighted by Crippen LogP contribution is -2.07. The smallest absolute Gasteiger partial charge is 0.247 e. The van der Waals surface area contributed by atoms with Gasteiger partial charge in [0, 0.05) is 12.1 Å². The summed E-state index contributed by atoms with van der Waals surface area (Å²) in [4.78, 5) is 18.2. The number of para-hydroxylation sites is 1. The number of nitrogens with one attached hydrogen (secondary N) is 1. The largest absolute Gasteiger partial charge is 0.476 e. The second-order valence-corrected chi connectivity index (χ2v) is 7.63. The molecule has 0 aliphatic rings. The minimum atomic E-state index is -0.279. The summed E-state index contributed by atoms with van der Waals surface area (Å²) in [6.45, 7) is 2.73. The lowest BCUT2D eigenvalue weighted by Gasteiger charge is -2.11. The molecule has 1 N–H and O–H groups in total. The summed E-state index contributed by atoms with van der Waals surface area (Å²) >= 11 is 0. The Balaban J connectivity index is 1.39. The quantitative estimate of drug-likeness (QED) is 0.298. The topological polar surface area (TPSA) is 82.0 Å². The Kier molecular flexibility index (Phi) is 6.43. The van der Waals surface area contributed by atoms with Crippen LogP contribution in [0.3, 0.4) is 0 Å². The lowest BCUT2D eigenvalue weighted by atomic mass is 10.1. The third-order valence-electron chi connectivity index (χ3n) is 5.15. The van der Waals surface area contributed by atoms with E-state index in [9.17, 15) is 4.39 Å². The normalized spacial score (nSPS) is 10.8. The van der Waals surface area contributed by atoms with Crippen molar-refractivity contribution in [3.05, 3.63) is 96.4 Å². The fraction of sp³-hybridized carbons (Fsp3) is 0.111. The first kappa shape index (κ1) is 22.2. The summed E-state index contributed by atoms with van der Waals surface area (Å²) in [6, 6.07) is 23.5. The molecule has 0 unspecified atom stereocenters. The van der Waals surface area contributed by atoms with Crippen LogP contribution in [0, 0.1) is 5.82 Å². The summed E-state index contributed by atoms with van der Waals surface area (Å²) in [5.41, 5.74) is 3.33. The van der Waals surface area contributed by atoms with Crippen LogP contribution in [0.1, 0.15) is 12.5 Å². The Morgan fingerprint density at radius 1 is 0.829 bits per heavy atom. The number of hydrogen-bond acceptors (Lipinski definition) is 7. The molecule has 35 heavy (non-hydrogen) atoms. The summed E-state index contributed by atoms with van der Waals surface area (Å²) in [5, 5.41) is 3.14. The minimum absolute atomic E-state index is 0.279. The first-order valence-electron chi connectivity index (χ1n) is 11.2. The fourth-order valence-electron chi connectivity index (χ4n) is 3.44. The van der Waals surface area contributed by atoms with Crippen LogP contribution < -0.4 is 14.8 Å². The third-order valence-corrected chi connectivity index (χ3v) is 5.15. The van der Waals surface area contributed by atoms with E-state index in [1.807, 2.05) is 61.5 Å². The molecule has 174 valence electrons. The Morgan fingerprint density at radius 3 is 2.31 bits per heavy atom. The van der Waals surface area contributed by atoms with Gasteiger partial charge in [0.05, 0.1) is 18.5 Å². The predicted octanol–water partition coefficient (Wildman–Crippen LogP) is 6.03. The number of halogens is 1. The van der Waals surface area contributed by atoms with Gasteiger partial charge in [0.25, 0.3) is 0 Å². The number of fused-ring (bicyclic) bond motifs is 1. The maximum Gasteiger partial charge on any atom is 0.247 e. The van der Waals surface area contributed by atoms with Crippen molar-refractivity contribution in [3.8, 4) is 28.6 Å². The molecule has 2 aromatic heterocycles. The van der Waals surface area contributed by atoms with Crippen LogP contribution in [0.25, 0.3) is 22.4 Å². The molecular weight excluding hydrogens is 445 g/mol. The van der Waals surface area contributed by atoms with Gasteiger partial charge in [-0.1, -0.05) is 30.3 Å². The zero-order valence-electron chi connectivity index (χ0n) is 19.0. The van der Waals surface area contributed by atoms with Crippen molar-refractivity contribution in [2.24, 2.45) is 0 Å². The number of benzene rings is 3. The fourth-order valence-corrected chi connectivity index (χ4v) is 3.44. The van der Waals surface area contributed by atoms with Crippen molar-refractivity contribution in [1.82, 2.24) is 19.9 Å². The van der Waals surface area contributed by atoms with Gasteiger partial charge in [0.2, 0.25) is 11.8 Å². The van der Waals surface area contributed by atoms with Gasteiger partial charge in [0.15, 0.2) is 11.2 Å². The van der Waals surface area contributed by atoms with E-state index in [0.29, 0.717) is 41.8 Å². The molecule has 0 fully saturated rings. The highest BCUT2D eigenvalue weighted by molar-refractivity contribution is 5.79. The van der Waals surface area contributed by atoms with E-state index in [0.717, 1.165) is 22.6 Å². The molecule has 5 aromatic rings. The predicted molar refractivity (Wildman–Crippen MR) is 132 cm³/mol. The lowest BCUT2D eigenvalue weighted by molar-refractivity contribution is 0.330. The number of hydrogen-bond donors (Lipinski definition) is 1. The van der Waals surface area contributed by atoms with Gasteiger partial charge in [-0.05, 0) is 61.0 Å². The highest BCUT2D eigenvalue weighted by atomic mass is 19.1. The monoisotopic (exact) mass is 467 g/mol. The van der Waals surface area contributed by atoms with Crippen LogP contribution in [0.15, 0.2) is 85.1 Å². The van der Waals surface area contributed by atoms with E-state index < -0.39 is 0 Å². The summed E-state index contributed by atoms with van der Waals surface area (Å²) in [6.07, 6.45) is 1.67. The van der Waals surface area contributed by atoms with Crippen LogP contribution in [0.2, 0.25) is 0 Å². The molecule has 7 nitrogen and oxygen atoms in total. The number of aromatic nitrogens is 4. The Bertz CT molecular complexity index is 1430. The van der Waals surface area contributed by atoms with Gasteiger partial charge in [-0.15, -0.1) is 0 Å². The molecule has 0 saturated carbocycles. The van der Waals surface area contributed by atoms with Crippen LogP contribution in [-0.2, 0) is 6.54 Å².